The molecule has 8 nitrogen and oxygen atoms in total. The standard InChI is InChI=1S/C22H31N5O3/c1-5-19(28)25-10-8-16-15(13-25)20(29)27-18(23-16)11-17(24-27)14-7-6-9-26(12-14)21(30)22(2,3)4/h11,14,24H,5-10,12-13H2,1-4H3/t14-/m1/s1. The minimum atomic E-state index is -0.401. The van der Waals surface area contributed by atoms with Crippen molar-refractivity contribution in [1.29, 1.82) is 0 Å². The fraction of sp³-hybridized carbons (Fsp3) is 0.636. The van der Waals surface area contributed by atoms with Crippen LogP contribution in [0.25, 0.3) is 5.65 Å². The highest BCUT2D eigenvalue weighted by molar-refractivity contribution is 5.81. The van der Waals surface area contributed by atoms with Gasteiger partial charge in [0, 0.05) is 55.6 Å². The molecule has 1 N–H and O–H groups in total. The first-order valence-corrected chi connectivity index (χ1v) is 10.9. The molecule has 4 rings (SSSR count). The van der Waals surface area contributed by atoms with E-state index in [1.807, 2.05) is 38.7 Å². The van der Waals surface area contributed by atoms with Crippen LogP contribution in [0.2, 0.25) is 0 Å². The number of likely N-dealkylation sites (tertiary alicyclic amines) is 1. The van der Waals surface area contributed by atoms with Gasteiger partial charge >= 0.3 is 0 Å². The Morgan fingerprint density at radius 2 is 2.00 bits per heavy atom. The van der Waals surface area contributed by atoms with Gasteiger partial charge in [-0.25, -0.2) is 9.50 Å². The van der Waals surface area contributed by atoms with Crippen molar-refractivity contribution in [3.8, 4) is 0 Å². The maximum absolute atomic E-state index is 13.1. The molecule has 0 spiro atoms. The van der Waals surface area contributed by atoms with Crippen LogP contribution in [0.5, 0.6) is 0 Å². The zero-order valence-corrected chi connectivity index (χ0v) is 18.3. The van der Waals surface area contributed by atoms with Crippen LogP contribution in [0.15, 0.2) is 10.9 Å². The number of hydrogen-bond acceptors (Lipinski definition) is 4. The van der Waals surface area contributed by atoms with Crippen LogP contribution in [0.4, 0.5) is 0 Å². The Bertz CT molecular complexity index is 1050. The molecule has 1 atom stereocenters. The van der Waals surface area contributed by atoms with Gasteiger partial charge in [0.15, 0.2) is 5.65 Å². The monoisotopic (exact) mass is 413 g/mol. The molecule has 4 heterocycles. The molecule has 0 bridgehead atoms. The Morgan fingerprint density at radius 1 is 1.23 bits per heavy atom. The minimum Gasteiger partial charge on any atom is -0.342 e. The summed E-state index contributed by atoms with van der Waals surface area (Å²) in [6, 6.07) is 1.95. The molecule has 162 valence electrons. The fourth-order valence-electron chi connectivity index (χ4n) is 4.54. The molecule has 1 saturated heterocycles. The number of carbonyl (C=O) groups is 2. The Hall–Kier alpha value is -2.64. The Morgan fingerprint density at radius 3 is 2.70 bits per heavy atom. The van der Waals surface area contributed by atoms with E-state index in [4.69, 9.17) is 4.98 Å². The van der Waals surface area contributed by atoms with Gasteiger partial charge in [0.1, 0.15) is 0 Å². The molecule has 2 aliphatic heterocycles. The number of nitrogens with one attached hydrogen (secondary N) is 1. The molecule has 2 amide bonds. The highest BCUT2D eigenvalue weighted by Crippen LogP contribution is 2.29. The lowest BCUT2D eigenvalue weighted by Gasteiger charge is -2.36. The second kappa shape index (κ2) is 7.56. The number of aromatic nitrogens is 3. The maximum atomic E-state index is 13.1. The van der Waals surface area contributed by atoms with E-state index in [2.05, 4.69) is 5.10 Å². The van der Waals surface area contributed by atoms with Crippen LogP contribution in [-0.4, -0.2) is 55.8 Å². The summed E-state index contributed by atoms with van der Waals surface area (Å²) in [5.41, 5.74) is 2.41. The first-order chi connectivity index (χ1) is 14.2. The van der Waals surface area contributed by atoms with Gasteiger partial charge in [0.2, 0.25) is 11.8 Å². The summed E-state index contributed by atoms with van der Waals surface area (Å²) in [7, 11) is 0. The van der Waals surface area contributed by atoms with E-state index in [0.29, 0.717) is 43.7 Å². The second-order valence-electron chi connectivity index (χ2n) is 9.51. The van der Waals surface area contributed by atoms with E-state index in [1.54, 1.807) is 4.90 Å². The highest BCUT2D eigenvalue weighted by atomic mass is 16.2. The number of nitrogens with zero attached hydrogens (tertiary/aromatic N) is 4. The molecule has 0 unspecified atom stereocenters. The van der Waals surface area contributed by atoms with Gasteiger partial charge in [-0.1, -0.05) is 27.7 Å². The third-order valence-electron chi connectivity index (χ3n) is 6.23. The molecule has 1 fully saturated rings. The average molecular weight is 414 g/mol. The van der Waals surface area contributed by atoms with Crippen LogP contribution in [0.1, 0.15) is 69.8 Å². The molecule has 30 heavy (non-hydrogen) atoms. The maximum Gasteiger partial charge on any atom is 0.277 e. The fourth-order valence-corrected chi connectivity index (χ4v) is 4.54. The van der Waals surface area contributed by atoms with Gasteiger partial charge in [-0.3, -0.25) is 19.5 Å². The smallest absolute Gasteiger partial charge is 0.277 e. The van der Waals surface area contributed by atoms with Crippen molar-refractivity contribution in [1.82, 2.24) is 24.4 Å². The van der Waals surface area contributed by atoms with Crippen molar-refractivity contribution in [3.05, 3.63) is 33.4 Å². The minimum absolute atomic E-state index is 0.0585. The molecular formula is C22H31N5O3. The van der Waals surface area contributed by atoms with Gasteiger partial charge in [0.25, 0.3) is 5.56 Å². The molecule has 0 aromatic carbocycles. The summed E-state index contributed by atoms with van der Waals surface area (Å²) in [6.07, 6.45) is 2.94. The van der Waals surface area contributed by atoms with E-state index in [1.165, 1.54) is 4.52 Å². The number of fused-ring (bicyclic) bond motifs is 2. The normalized spacial score (nSPS) is 19.8. The summed E-state index contributed by atoms with van der Waals surface area (Å²) in [4.78, 5) is 46.3. The van der Waals surface area contributed by atoms with Crippen LogP contribution in [0.3, 0.4) is 0 Å². The SMILES string of the molecule is CCC(=O)N1CCc2nc3cc([C@@H]4CCCN(C(=O)C(C)(C)C)C4)[nH]n3c(=O)c2C1. The van der Waals surface area contributed by atoms with Crippen molar-refractivity contribution in [3.63, 3.8) is 0 Å². The summed E-state index contributed by atoms with van der Waals surface area (Å²) in [6.45, 7) is 10.0. The van der Waals surface area contributed by atoms with Crippen LogP contribution >= 0.6 is 0 Å². The van der Waals surface area contributed by atoms with E-state index >= 15 is 0 Å². The highest BCUT2D eigenvalue weighted by Gasteiger charge is 2.32. The first-order valence-electron chi connectivity index (χ1n) is 10.9. The van der Waals surface area contributed by atoms with Gasteiger partial charge in [-0.05, 0) is 12.8 Å². The largest absolute Gasteiger partial charge is 0.342 e. The number of amides is 2. The number of carbonyl (C=O) groups excluding carboxylic acids is 2. The van der Waals surface area contributed by atoms with Crippen molar-refractivity contribution in [2.45, 2.75) is 65.8 Å². The van der Waals surface area contributed by atoms with E-state index < -0.39 is 5.41 Å². The lowest BCUT2D eigenvalue weighted by atomic mass is 9.90. The van der Waals surface area contributed by atoms with Crippen LogP contribution in [0, 0.1) is 5.41 Å². The summed E-state index contributed by atoms with van der Waals surface area (Å²) in [5.74, 6) is 0.374. The zero-order valence-electron chi connectivity index (χ0n) is 18.3. The second-order valence-corrected chi connectivity index (χ2v) is 9.51. The molecule has 0 saturated carbocycles. The van der Waals surface area contributed by atoms with Gasteiger partial charge in [-0.15, -0.1) is 0 Å². The molecule has 2 aliphatic rings. The third-order valence-corrected chi connectivity index (χ3v) is 6.23. The number of hydrogen-bond donors (Lipinski definition) is 1. The lowest BCUT2D eigenvalue weighted by Crippen LogP contribution is -2.44. The topological polar surface area (TPSA) is 90.8 Å². The van der Waals surface area contributed by atoms with Crippen LogP contribution < -0.4 is 5.56 Å². The van der Waals surface area contributed by atoms with E-state index in [9.17, 15) is 14.4 Å². The van der Waals surface area contributed by atoms with E-state index in [0.717, 1.165) is 30.8 Å². The molecular weight excluding hydrogens is 382 g/mol. The number of H-pyrrole nitrogens is 1. The molecule has 2 aromatic rings. The van der Waals surface area contributed by atoms with Gasteiger partial charge in [-0.2, -0.15) is 0 Å². The van der Waals surface area contributed by atoms with Crippen molar-refractivity contribution < 1.29 is 9.59 Å². The summed E-state index contributed by atoms with van der Waals surface area (Å²) >= 11 is 0. The van der Waals surface area contributed by atoms with Crippen molar-refractivity contribution >= 4 is 17.5 Å². The van der Waals surface area contributed by atoms with Gasteiger partial charge < -0.3 is 9.80 Å². The first kappa shape index (κ1) is 20.6. The zero-order chi connectivity index (χ0) is 21.6. The lowest BCUT2D eigenvalue weighted by molar-refractivity contribution is -0.140. The molecule has 2 aromatic heterocycles. The third kappa shape index (κ3) is 3.63. The number of aromatic amines is 1. The predicted octanol–water partition coefficient (Wildman–Crippen LogP) is 2.07. The quantitative estimate of drug-likeness (QED) is 0.816. The average Bonchev–Trinajstić information content (AvgIpc) is 3.16. The van der Waals surface area contributed by atoms with E-state index in [-0.39, 0.29) is 23.3 Å². The number of rotatable bonds is 2. The Balaban J connectivity index is 1.63. The Kier molecular flexibility index (Phi) is 5.20. The molecule has 0 aliphatic carbocycles. The molecule has 8 heteroatoms. The molecule has 0 radical (unpaired) electrons. The summed E-state index contributed by atoms with van der Waals surface area (Å²) in [5, 5.41) is 3.24. The Labute approximate surface area is 176 Å². The van der Waals surface area contributed by atoms with Gasteiger partial charge in [0.05, 0.1) is 17.8 Å². The van der Waals surface area contributed by atoms with Crippen molar-refractivity contribution in [2.24, 2.45) is 5.41 Å². The predicted molar refractivity (Wildman–Crippen MR) is 113 cm³/mol. The van der Waals surface area contributed by atoms with Crippen molar-refractivity contribution in [2.75, 3.05) is 19.6 Å². The number of piperidine rings is 1. The van der Waals surface area contributed by atoms with Crippen LogP contribution in [-0.2, 0) is 22.6 Å². The summed E-state index contributed by atoms with van der Waals surface area (Å²) < 4.78 is 1.50.